The van der Waals surface area contributed by atoms with Crippen LogP contribution >= 0.6 is 69.6 Å². The fourth-order valence-corrected chi connectivity index (χ4v) is 0.866. The van der Waals surface area contributed by atoms with Crippen LogP contribution in [0.25, 0.3) is 0 Å². The van der Waals surface area contributed by atoms with Gasteiger partial charge in [0.25, 0.3) is 0 Å². The number of ether oxygens (including phenoxy) is 2. The number of hydrogen-bond donors (Lipinski definition) is 1. The average Bonchev–Trinajstić information content (AvgIpc) is 2.50. The fraction of sp³-hybridized carbons (Fsp3) is 0.286. The van der Waals surface area contributed by atoms with Crippen LogP contribution < -0.4 is 0 Å². The van der Waals surface area contributed by atoms with Crippen LogP contribution in [0, 0.1) is 0 Å². The summed E-state index contributed by atoms with van der Waals surface area (Å²) in [6, 6.07) is 3.89. The van der Waals surface area contributed by atoms with Crippen molar-refractivity contribution >= 4 is 75.8 Å². The number of carbonyl (C=O) groups excluding carboxylic acids is 1. The van der Waals surface area contributed by atoms with Crippen molar-refractivity contribution in [1.82, 2.24) is 4.98 Å². The van der Waals surface area contributed by atoms with Gasteiger partial charge in [-0.2, -0.15) is 0 Å². The van der Waals surface area contributed by atoms with Crippen molar-refractivity contribution < 1.29 is 14.3 Å². The molecule has 0 unspecified atom stereocenters. The molecule has 1 heterocycles. The maximum Gasteiger partial charge on any atom is 0.515 e. The lowest BCUT2D eigenvalue weighted by Gasteiger charge is -2.15. The molecule has 0 radical (unpaired) electrons. The predicted molar refractivity (Wildman–Crippen MR) is 68.9 cm³/mol. The Kier molecular flexibility index (Phi) is 7.80. The predicted octanol–water partition coefficient (Wildman–Crippen LogP) is 4.81. The maximum absolute atomic E-state index is 10.5. The number of nitrogens with one attached hydrogen (secondary N) is 1. The molecule has 0 spiro atoms. The van der Waals surface area contributed by atoms with Gasteiger partial charge in [-0.1, -0.05) is 0 Å². The third-order valence-corrected chi connectivity index (χ3v) is 1.36. The topological polar surface area (TPSA) is 51.3 Å². The summed E-state index contributed by atoms with van der Waals surface area (Å²) in [4.78, 5) is 13.4. The molecule has 17 heavy (non-hydrogen) atoms. The fourth-order valence-electron chi connectivity index (χ4n) is 0.488. The molecule has 0 aliphatic rings. The van der Waals surface area contributed by atoms with Gasteiger partial charge in [0.2, 0.25) is 0 Å². The second kappa shape index (κ2) is 7.67. The van der Waals surface area contributed by atoms with Crippen molar-refractivity contribution in [1.29, 1.82) is 0 Å². The molecule has 0 bridgehead atoms. The molecule has 0 amide bonds. The zero-order valence-corrected chi connectivity index (χ0v) is 12.3. The summed E-state index contributed by atoms with van der Waals surface area (Å²) in [6.07, 6.45) is 2.34. The zero-order chi connectivity index (χ0) is 13.5. The number of carbonyl (C=O) groups is 1. The van der Waals surface area contributed by atoms with Crippen LogP contribution in [0.1, 0.15) is 0 Å². The second-order valence-electron chi connectivity index (χ2n) is 2.23. The molecule has 0 fully saturated rings. The smallest absolute Gasteiger partial charge is 0.382 e. The van der Waals surface area contributed by atoms with Crippen LogP contribution in [-0.2, 0) is 9.47 Å². The van der Waals surface area contributed by atoms with Gasteiger partial charge >= 0.3 is 14.1 Å². The number of H-pyrrole nitrogens is 1. The SMILES string of the molecule is O=C(OC(Cl)(Cl)Cl)OC(Cl)(Cl)Cl.c1cc[nH]c1. The number of hydrogen-bond acceptors (Lipinski definition) is 3. The lowest BCUT2D eigenvalue weighted by molar-refractivity contribution is 0.0508. The standard InChI is InChI=1S/C4H5N.C3Cl6O3/c1-2-4-5-3-1;4-2(5,6)11-1(10)12-3(7,8)9/h1-5H;. The molecule has 0 aliphatic carbocycles. The van der Waals surface area contributed by atoms with E-state index in [2.05, 4.69) is 14.5 Å². The van der Waals surface area contributed by atoms with E-state index in [-0.39, 0.29) is 0 Å². The van der Waals surface area contributed by atoms with Crippen molar-refractivity contribution in [2.45, 2.75) is 7.96 Å². The Balaban J connectivity index is 0.000000419. The second-order valence-corrected chi connectivity index (χ2v) is 6.58. The zero-order valence-electron chi connectivity index (χ0n) is 7.80. The molecular formula is C7H5Cl6NO3. The normalized spacial score (nSPS) is 11.2. The molecule has 0 aliphatic heterocycles. The Labute approximate surface area is 127 Å². The van der Waals surface area contributed by atoms with Crippen molar-refractivity contribution in [2.75, 3.05) is 0 Å². The lowest BCUT2D eigenvalue weighted by atomic mass is 10.7. The van der Waals surface area contributed by atoms with Crippen LogP contribution in [-0.4, -0.2) is 19.1 Å². The molecule has 98 valence electrons. The summed E-state index contributed by atoms with van der Waals surface area (Å²) in [5.74, 6) is 0. The molecule has 1 N–H and O–H groups in total. The van der Waals surface area contributed by atoms with Gasteiger partial charge in [0.15, 0.2) is 0 Å². The summed E-state index contributed by atoms with van der Waals surface area (Å²) < 4.78 is 3.50. The first-order chi connectivity index (χ1) is 7.60. The Hall–Kier alpha value is 0.290. The van der Waals surface area contributed by atoms with E-state index in [1.54, 1.807) is 0 Å². The first kappa shape index (κ1) is 17.3. The van der Waals surface area contributed by atoms with E-state index in [9.17, 15) is 4.79 Å². The van der Waals surface area contributed by atoms with Crippen LogP contribution in [0.5, 0.6) is 0 Å². The monoisotopic (exact) mass is 361 g/mol. The first-order valence-electron chi connectivity index (χ1n) is 3.73. The first-order valence-corrected chi connectivity index (χ1v) is 6.00. The molecule has 1 rings (SSSR count). The molecule has 1 aromatic heterocycles. The van der Waals surface area contributed by atoms with Crippen LogP contribution in [0.4, 0.5) is 4.79 Å². The molecule has 0 atom stereocenters. The van der Waals surface area contributed by atoms with E-state index in [1.807, 2.05) is 24.5 Å². The highest BCUT2D eigenvalue weighted by Crippen LogP contribution is 2.32. The van der Waals surface area contributed by atoms with Gasteiger partial charge in [-0.05, 0) is 81.7 Å². The molecule has 4 nitrogen and oxygen atoms in total. The van der Waals surface area contributed by atoms with Gasteiger partial charge < -0.3 is 14.5 Å². The van der Waals surface area contributed by atoms with Crippen molar-refractivity contribution in [3.8, 4) is 0 Å². The van der Waals surface area contributed by atoms with Crippen molar-refractivity contribution in [3.63, 3.8) is 0 Å². The van der Waals surface area contributed by atoms with Crippen LogP contribution in [0.15, 0.2) is 24.5 Å². The van der Waals surface area contributed by atoms with E-state index >= 15 is 0 Å². The number of alkyl halides is 6. The summed E-state index contributed by atoms with van der Waals surface area (Å²) in [5, 5.41) is 0. The van der Waals surface area contributed by atoms with E-state index in [0.29, 0.717) is 0 Å². The number of aromatic nitrogens is 1. The minimum atomic E-state index is -2.24. The third kappa shape index (κ3) is 14.2. The van der Waals surface area contributed by atoms with Gasteiger partial charge in [0.1, 0.15) is 0 Å². The molecular weight excluding hydrogens is 359 g/mol. The van der Waals surface area contributed by atoms with Gasteiger partial charge in [0.05, 0.1) is 0 Å². The van der Waals surface area contributed by atoms with E-state index in [1.165, 1.54) is 0 Å². The van der Waals surface area contributed by atoms with Crippen LogP contribution in [0.3, 0.4) is 0 Å². The van der Waals surface area contributed by atoms with E-state index in [4.69, 9.17) is 69.6 Å². The number of rotatable bonds is 0. The minimum absolute atomic E-state index is 1.41. The Morgan fingerprint density at radius 3 is 1.41 bits per heavy atom. The Bertz CT molecular complexity index is 282. The summed E-state index contributed by atoms with van der Waals surface area (Å²) in [5.41, 5.74) is 0. The van der Waals surface area contributed by atoms with Crippen molar-refractivity contribution in [2.24, 2.45) is 0 Å². The summed E-state index contributed by atoms with van der Waals surface area (Å²) in [6.45, 7) is 0. The average molecular weight is 364 g/mol. The van der Waals surface area contributed by atoms with E-state index < -0.39 is 14.1 Å². The minimum Gasteiger partial charge on any atom is -0.382 e. The molecule has 0 saturated heterocycles. The molecule has 1 aromatic rings. The van der Waals surface area contributed by atoms with Gasteiger partial charge in [0, 0.05) is 12.4 Å². The third-order valence-electron chi connectivity index (χ3n) is 0.894. The Morgan fingerprint density at radius 2 is 1.24 bits per heavy atom. The lowest BCUT2D eigenvalue weighted by Crippen LogP contribution is -2.22. The molecule has 10 heteroatoms. The van der Waals surface area contributed by atoms with Crippen LogP contribution in [0.2, 0.25) is 0 Å². The number of aromatic amines is 1. The van der Waals surface area contributed by atoms with Gasteiger partial charge in [-0.15, -0.1) is 0 Å². The highest BCUT2D eigenvalue weighted by molar-refractivity contribution is 6.67. The maximum atomic E-state index is 10.5. The van der Waals surface area contributed by atoms with Gasteiger partial charge in [-0.3, -0.25) is 0 Å². The largest absolute Gasteiger partial charge is 0.515 e. The highest BCUT2D eigenvalue weighted by atomic mass is 35.6. The quantitative estimate of drug-likeness (QED) is 0.531. The van der Waals surface area contributed by atoms with E-state index in [0.717, 1.165) is 0 Å². The summed E-state index contributed by atoms with van der Waals surface area (Å²) >= 11 is 30.2. The van der Waals surface area contributed by atoms with Crippen molar-refractivity contribution in [3.05, 3.63) is 24.5 Å². The number of halogens is 6. The summed E-state index contributed by atoms with van der Waals surface area (Å²) in [7, 11) is 0. The molecule has 0 saturated carbocycles. The Morgan fingerprint density at radius 1 is 0.882 bits per heavy atom. The van der Waals surface area contributed by atoms with Gasteiger partial charge in [-0.25, -0.2) is 4.79 Å². The molecule has 0 aromatic carbocycles. The highest BCUT2D eigenvalue weighted by Gasteiger charge is 2.32.